The highest BCUT2D eigenvalue weighted by molar-refractivity contribution is 9.09. The molecule has 0 heterocycles. The van der Waals surface area contributed by atoms with Crippen LogP contribution in [-0.4, -0.2) is 32.1 Å². The van der Waals surface area contributed by atoms with E-state index in [0.717, 1.165) is 5.33 Å². The normalized spacial score (nSPS) is 11.0. The monoisotopic (exact) mass is 330 g/mol. The van der Waals surface area contributed by atoms with Gasteiger partial charge in [-0.05, 0) is 12.1 Å². The van der Waals surface area contributed by atoms with Crippen molar-refractivity contribution >= 4 is 21.9 Å². The lowest BCUT2D eigenvalue weighted by Gasteiger charge is -2.22. The molecule has 0 radical (unpaired) electrons. The van der Waals surface area contributed by atoms with Gasteiger partial charge in [-0.2, -0.15) is 0 Å². The highest BCUT2D eigenvalue weighted by Crippen LogP contribution is 2.28. The standard InChI is InChI=1S/C14H19BrO4/c1-14(2,8-15)9-19-12-7-10(17-3)5-6-11(12)13(16)18-4/h5-7H,8-9H2,1-4H3. The molecule has 0 spiro atoms. The number of halogens is 1. The summed E-state index contributed by atoms with van der Waals surface area (Å²) in [7, 11) is 2.91. The molecule has 0 saturated heterocycles. The molecular formula is C14H19BrO4. The van der Waals surface area contributed by atoms with Gasteiger partial charge in [0.15, 0.2) is 0 Å². The van der Waals surface area contributed by atoms with E-state index < -0.39 is 5.97 Å². The van der Waals surface area contributed by atoms with Crippen molar-refractivity contribution in [3.8, 4) is 11.5 Å². The van der Waals surface area contributed by atoms with Crippen molar-refractivity contribution in [1.29, 1.82) is 0 Å². The smallest absolute Gasteiger partial charge is 0.341 e. The second-order valence-electron chi connectivity index (χ2n) is 4.94. The van der Waals surface area contributed by atoms with Gasteiger partial charge in [0.25, 0.3) is 0 Å². The molecule has 0 N–H and O–H groups in total. The molecule has 1 aromatic rings. The van der Waals surface area contributed by atoms with Crippen molar-refractivity contribution in [2.24, 2.45) is 5.41 Å². The van der Waals surface area contributed by atoms with E-state index in [1.165, 1.54) is 7.11 Å². The van der Waals surface area contributed by atoms with E-state index in [-0.39, 0.29) is 5.41 Å². The van der Waals surface area contributed by atoms with Crippen molar-refractivity contribution in [1.82, 2.24) is 0 Å². The first-order valence-electron chi connectivity index (χ1n) is 5.88. The number of carbonyl (C=O) groups excluding carboxylic acids is 1. The molecule has 1 rings (SSSR count). The minimum Gasteiger partial charge on any atom is -0.497 e. The molecule has 0 aromatic heterocycles. The molecule has 1 aromatic carbocycles. The predicted octanol–water partition coefficient (Wildman–Crippen LogP) is 3.28. The summed E-state index contributed by atoms with van der Waals surface area (Å²) in [4.78, 5) is 11.7. The third kappa shape index (κ3) is 4.42. The molecule has 0 aliphatic rings. The number of alkyl halides is 1. The Balaban J connectivity index is 2.98. The van der Waals surface area contributed by atoms with Gasteiger partial charge in [-0.1, -0.05) is 29.8 Å². The quantitative estimate of drug-likeness (QED) is 0.593. The van der Waals surface area contributed by atoms with Crippen LogP contribution >= 0.6 is 15.9 Å². The van der Waals surface area contributed by atoms with Crippen LogP contribution in [0.3, 0.4) is 0 Å². The molecule has 19 heavy (non-hydrogen) atoms. The van der Waals surface area contributed by atoms with E-state index in [1.54, 1.807) is 25.3 Å². The minimum atomic E-state index is -0.422. The van der Waals surface area contributed by atoms with Gasteiger partial charge in [0.1, 0.15) is 17.1 Å². The zero-order valence-corrected chi connectivity index (χ0v) is 13.2. The van der Waals surface area contributed by atoms with Crippen LogP contribution in [0.5, 0.6) is 11.5 Å². The maximum absolute atomic E-state index is 11.7. The summed E-state index contributed by atoms with van der Waals surface area (Å²) in [6, 6.07) is 5.03. The van der Waals surface area contributed by atoms with E-state index in [2.05, 4.69) is 29.8 Å². The topological polar surface area (TPSA) is 44.8 Å². The number of rotatable bonds is 6. The van der Waals surface area contributed by atoms with Crippen LogP contribution in [0.1, 0.15) is 24.2 Å². The van der Waals surface area contributed by atoms with Crippen LogP contribution in [0.4, 0.5) is 0 Å². The largest absolute Gasteiger partial charge is 0.497 e. The maximum atomic E-state index is 11.7. The van der Waals surface area contributed by atoms with Gasteiger partial charge < -0.3 is 14.2 Å². The molecule has 0 unspecified atom stereocenters. The minimum absolute atomic E-state index is 0.0313. The lowest BCUT2D eigenvalue weighted by molar-refractivity contribution is 0.0593. The number of esters is 1. The summed E-state index contributed by atoms with van der Waals surface area (Å²) < 4.78 is 15.6. The molecule has 106 valence electrons. The summed E-state index contributed by atoms with van der Waals surface area (Å²) in [5.74, 6) is 0.689. The summed E-state index contributed by atoms with van der Waals surface area (Å²) in [5, 5.41) is 0.803. The van der Waals surface area contributed by atoms with Crippen molar-refractivity contribution in [2.45, 2.75) is 13.8 Å². The van der Waals surface area contributed by atoms with Gasteiger partial charge in [0.2, 0.25) is 0 Å². The Hall–Kier alpha value is -1.23. The van der Waals surface area contributed by atoms with Gasteiger partial charge in [-0.3, -0.25) is 0 Å². The molecule has 0 atom stereocenters. The van der Waals surface area contributed by atoms with Crippen molar-refractivity contribution < 1.29 is 19.0 Å². The van der Waals surface area contributed by atoms with Crippen LogP contribution in [0.25, 0.3) is 0 Å². The number of hydrogen-bond donors (Lipinski definition) is 0. The first-order valence-corrected chi connectivity index (χ1v) is 7.01. The molecule has 4 nitrogen and oxygen atoms in total. The van der Waals surface area contributed by atoms with E-state index in [1.807, 2.05) is 0 Å². The van der Waals surface area contributed by atoms with Crippen LogP contribution in [-0.2, 0) is 4.74 Å². The summed E-state index contributed by atoms with van der Waals surface area (Å²) >= 11 is 3.44. The molecule has 5 heteroatoms. The SMILES string of the molecule is COC(=O)c1ccc(OC)cc1OCC(C)(C)CBr. The van der Waals surface area contributed by atoms with Gasteiger partial charge >= 0.3 is 5.97 Å². The number of hydrogen-bond acceptors (Lipinski definition) is 4. The number of ether oxygens (including phenoxy) is 3. The van der Waals surface area contributed by atoms with Crippen molar-refractivity contribution in [3.05, 3.63) is 23.8 Å². The van der Waals surface area contributed by atoms with Crippen LogP contribution in [0, 0.1) is 5.41 Å². The molecular weight excluding hydrogens is 312 g/mol. The average Bonchev–Trinajstić information content (AvgIpc) is 2.44. The van der Waals surface area contributed by atoms with Gasteiger partial charge in [0, 0.05) is 16.8 Å². The molecule has 0 aliphatic heterocycles. The zero-order valence-electron chi connectivity index (χ0n) is 11.7. The van der Waals surface area contributed by atoms with Crippen molar-refractivity contribution in [3.63, 3.8) is 0 Å². The highest BCUT2D eigenvalue weighted by atomic mass is 79.9. The second kappa shape index (κ2) is 6.80. The van der Waals surface area contributed by atoms with Crippen LogP contribution in [0.2, 0.25) is 0 Å². The van der Waals surface area contributed by atoms with E-state index in [9.17, 15) is 4.79 Å². The predicted molar refractivity (Wildman–Crippen MR) is 77.4 cm³/mol. The van der Waals surface area contributed by atoms with Gasteiger partial charge in [-0.25, -0.2) is 4.79 Å². The molecule has 0 bridgehead atoms. The van der Waals surface area contributed by atoms with Gasteiger partial charge in [0.05, 0.1) is 20.8 Å². The lowest BCUT2D eigenvalue weighted by Crippen LogP contribution is -2.23. The molecule has 0 amide bonds. The Morgan fingerprint density at radius 3 is 2.53 bits per heavy atom. The third-order valence-electron chi connectivity index (χ3n) is 2.57. The number of methoxy groups -OCH3 is 2. The van der Waals surface area contributed by atoms with E-state index in [0.29, 0.717) is 23.7 Å². The fourth-order valence-corrected chi connectivity index (χ4v) is 1.50. The first-order chi connectivity index (χ1) is 8.93. The fraction of sp³-hybridized carbons (Fsp3) is 0.500. The highest BCUT2D eigenvalue weighted by Gasteiger charge is 2.20. The Morgan fingerprint density at radius 1 is 1.32 bits per heavy atom. The first kappa shape index (κ1) is 15.8. The zero-order chi connectivity index (χ0) is 14.5. The van der Waals surface area contributed by atoms with E-state index >= 15 is 0 Å². The van der Waals surface area contributed by atoms with Gasteiger partial charge in [-0.15, -0.1) is 0 Å². The Morgan fingerprint density at radius 2 is 2.00 bits per heavy atom. The fourth-order valence-electron chi connectivity index (χ4n) is 1.34. The number of benzene rings is 1. The Bertz CT molecular complexity index is 443. The summed E-state index contributed by atoms with van der Waals surface area (Å²) in [6.45, 7) is 4.62. The molecule has 0 fully saturated rings. The maximum Gasteiger partial charge on any atom is 0.341 e. The summed E-state index contributed by atoms with van der Waals surface area (Å²) in [6.07, 6.45) is 0. The van der Waals surface area contributed by atoms with E-state index in [4.69, 9.17) is 14.2 Å². The Kier molecular flexibility index (Phi) is 5.66. The third-order valence-corrected chi connectivity index (χ3v) is 4.09. The second-order valence-corrected chi connectivity index (χ2v) is 5.50. The summed E-state index contributed by atoms with van der Waals surface area (Å²) in [5.41, 5.74) is 0.366. The average molecular weight is 331 g/mol. The number of carbonyl (C=O) groups is 1. The molecule has 0 saturated carbocycles. The lowest BCUT2D eigenvalue weighted by atomic mass is 9.98. The Labute approximate surface area is 122 Å². The van der Waals surface area contributed by atoms with Crippen LogP contribution in [0.15, 0.2) is 18.2 Å². The molecule has 0 aliphatic carbocycles. The van der Waals surface area contributed by atoms with Crippen molar-refractivity contribution in [2.75, 3.05) is 26.2 Å². The van der Waals surface area contributed by atoms with Crippen LogP contribution < -0.4 is 9.47 Å².